The monoisotopic (exact) mass is 504 g/mol. The minimum Gasteiger partial charge on any atom is -0.432 e. The molecule has 7 heteroatoms. The van der Waals surface area contributed by atoms with Gasteiger partial charge in [-0.25, -0.2) is 4.39 Å². The Hall–Kier alpha value is -3.09. The number of benzene rings is 3. The van der Waals surface area contributed by atoms with Crippen LogP contribution in [0.25, 0.3) is 11.1 Å². The molecule has 0 spiro atoms. The molecule has 36 heavy (non-hydrogen) atoms. The van der Waals surface area contributed by atoms with E-state index < -0.39 is 24.3 Å². The van der Waals surface area contributed by atoms with E-state index in [9.17, 15) is 13.2 Å². The van der Waals surface area contributed by atoms with E-state index in [1.807, 2.05) is 0 Å². The second kappa shape index (κ2) is 11.3. The molecule has 2 nitrogen and oxygen atoms in total. The van der Waals surface area contributed by atoms with Gasteiger partial charge in [-0.05, 0) is 79.0 Å². The number of para-hydroxylation sites is 1. The summed E-state index contributed by atoms with van der Waals surface area (Å²) < 4.78 is 78.6. The van der Waals surface area contributed by atoms with Crippen molar-refractivity contribution >= 4 is 0 Å². The van der Waals surface area contributed by atoms with Crippen LogP contribution in [0.1, 0.15) is 62.5 Å². The van der Waals surface area contributed by atoms with Crippen molar-refractivity contribution in [2.45, 2.75) is 64.1 Å². The summed E-state index contributed by atoms with van der Waals surface area (Å²) in [5.74, 6) is -0.674. The summed E-state index contributed by atoms with van der Waals surface area (Å²) >= 11 is 0. The molecule has 0 atom stereocenters. The van der Waals surface area contributed by atoms with Crippen LogP contribution < -0.4 is 9.47 Å². The number of rotatable bonds is 9. The standard InChI is InChI=1S/C29H29F5O2/c1-2-5-19-8-10-20(11-9-19)21-12-15-23(16-13-21)29(33,34)36-26-7-4-3-6-24(26)22-14-17-27(25(30)18-22)35-28(31)32/h3-4,6-7,12-20,28H,2,5,8-11H2,1H3/t19-,20-. The highest BCUT2D eigenvalue weighted by molar-refractivity contribution is 5.71. The summed E-state index contributed by atoms with van der Waals surface area (Å²) in [6, 6.07) is 15.5. The fourth-order valence-electron chi connectivity index (χ4n) is 4.99. The molecular formula is C29H29F5O2. The lowest BCUT2D eigenvalue weighted by atomic mass is 9.77. The first-order valence-corrected chi connectivity index (χ1v) is 12.3. The van der Waals surface area contributed by atoms with Crippen LogP contribution in [0.5, 0.6) is 11.5 Å². The van der Waals surface area contributed by atoms with Gasteiger partial charge < -0.3 is 9.47 Å². The van der Waals surface area contributed by atoms with Gasteiger partial charge in [-0.1, -0.05) is 56.2 Å². The Labute approximate surface area is 208 Å². The average molecular weight is 505 g/mol. The van der Waals surface area contributed by atoms with Crippen molar-refractivity contribution in [1.82, 2.24) is 0 Å². The Balaban J connectivity index is 1.49. The van der Waals surface area contributed by atoms with Crippen LogP contribution in [0.15, 0.2) is 66.7 Å². The van der Waals surface area contributed by atoms with Gasteiger partial charge in [-0.3, -0.25) is 0 Å². The van der Waals surface area contributed by atoms with Crippen molar-refractivity contribution in [2.75, 3.05) is 0 Å². The van der Waals surface area contributed by atoms with Crippen LogP contribution in [-0.4, -0.2) is 6.61 Å². The smallest absolute Gasteiger partial charge is 0.426 e. The van der Waals surface area contributed by atoms with Gasteiger partial charge >= 0.3 is 12.7 Å². The lowest BCUT2D eigenvalue weighted by molar-refractivity contribution is -0.185. The number of hydrogen-bond acceptors (Lipinski definition) is 2. The van der Waals surface area contributed by atoms with Crippen LogP contribution in [0.2, 0.25) is 0 Å². The second-order valence-electron chi connectivity index (χ2n) is 9.27. The van der Waals surface area contributed by atoms with Crippen molar-refractivity contribution in [3.63, 3.8) is 0 Å². The first-order chi connectivity index (χ1) is 17.3. The van der Waals surface area contributed by atoms with Gasteiger partial charge in [0.05, 0.1) is 5.56 Å². The van der Waals surface area contributed by atoms with Crippen molar-refractivity contribution in [2.24, 2.45) is 5.92 Å². The molecule has 1 aliphatic rings. The molecule has 4 rings (SSSR count). The Bertz CT molecular complexity index is 1140. The van der Waals surface area contributed by atoms with Crippen molar-refractivity contribution in [3.8, 4) is 22.6 Å². The number of alkyl halides is 4. The first-order valence-electron chi connectivity index (χ1n) is 12.3. The SMILES string of the molecule is CCC[C@H]1CC[C@H](c2ccc(C(F)(F)Oc3ccccc3-c3ccc(OC(F)F)c(F)c3)cc2)CC1. The van der Waals surface area contributed by atoms with E-state index in [0.717, 1.165) is 36.5 Å². The Morgan fingerprint density at radius 1 is 0.889 bits per heavy atom. The zero-order valence-electron chi connectivity index (χ0n) is 20.0. The van der Waals surface area contributed by atoms with Crippen LogP contribution in [0, 0.1) is 11.7 Å². The molecule has 0 aromatic heterocycles. The quantitative estimate of drug-likeness (QED) is 0.270. The molecule has 0 heterocycles. The van der Waals surface area contributed by atoms with Gasteiger partial charge in [0.25, 0.3) is 0 Å². The molecule has 1 fully saturated rings. The summed E-state index contributed by atoms with van der Waals surface area (Å²) in [6.07, 6.45) is 3.29. The van der Waals surface area contributed by atoms with Gasteiger partial charge in [0, 0.05) is 5.56 Å². The van der Waals surface area contributed by atoms with Crippen LogP contribution >= 0.6 is 0 Å². The Morgan fingerprint density at radius 3 is 2.22 bits per heavy atom. The largest absolute Gasteiger partial charge is 0.432 e. The molecule has 0 amide bonds. The molecular weight excluding hydrogens is 475 g/mol. The fourth-order valence-corrected chi connectivity index (χ4v) is 4.99. The van der Waals surface area contributed by atoms with Gasteiger partial charge in [-0.2, -0.15) is 17.6 Å². The molecule has 0 unspecified atom stereocenters. The van der Waals surface area contributed by atoms with Gasteiger partial charge in [0.1, 0.15) is 5.75 Å². The lowest BCUT2D eigenvalue weighted by Gasteiger charge is -2.29. The maximum Gasteiger partial charge on any atom is 0.426 e. The van der Waals surface area contributed by atoms with Crippen molar-refractivity contribution in [1.29, 1.82) is 0 Å². The predicted octanol–water partition coefficient (Wildman–Crippen LogP) is 9.30. The molecule has 1 aliphatic carbocycles. The number of halogens is 5. The summed E-state index contributed by atoms with van der Waals surface area (Å²) in [7, 11) is 0. The van der Waals surface area contributed by atoms with Crippen molar-refractivity contribution < 1.29 is 31.4 Å². The van der Waals surface area contributed by atoms with E-state index in [4.69, 9.17) is 4.74 Å². The number of ether oxygens (including phenoxy) is 2. The molecule has 3 aromatic carbocycles. The molecule has 0 N–H and O–H groups in total. The van der Waals surface area contributed by atoms with E-state index in [0.29, 0.717) is 5.92 Å². The summed E-state index contributed by atoms with van der Waals surface area (Å²) in [4.78, 5) is 0. The highest BCUT2D eigenvalue weighted by Gasteiger charge is 2.35. The second-order valence-corrected chi connectivity index (χ2v) is 9.27. The van der Waals surface area contributed by atoms with E-state index in [-0.39, 0.29) is 22.4 Å². The van der Waals surface area contributed by atoms with Gasteiger partial charge in [0.15, 0.2) is 11.6 Å². The van der Waals surface area contributed by atoms with Crippen LogP contribution in [0.4, 0.5) is 22.0 Å². The molecule has 0 radical (unpaired) electrons. The van der Waals surface area contributed by atoms with Crippen LogP contribution in [0.3, 0.4) is 0 Å². The van der Waals surface area contributed by atoms with E-state index in [1.165, 1.54) is 62.1 Å². The van der Waals surface area contributed by atoms with Crippen molar-refractivity contribution in [3.05, 3.63) is 83.7 Å². The third-order valence-electron chi connectivity index (χ3n) is 6.85. The molecule has 192 valence electrons. The maximum atomic E-state index is 15.1. The molecule has 0 saturated heterocycles. The summed E-state index contributed by atoms with van der Waals surface area (Å²) in [5, 5.41) is 0. The molecule has 0 bridgehead atoms. The average Bonchev–Trinajstić information content (AvgIpc) is 2.86. The normalized spacial score (nSPS) is 18.3. The molecule has 3 aromatic rings. The minimum absolute atomic E-state index is 0.164. The van der Waals surface area contributed by atoms with E-state index in [1.54, 1.807) is 18.2 Å². The van der Waals surface area contributed by atoms with Crippen LogP contribution in [-0.2, 0) is 6.11 Å². The zero-order valence-corrected chi connectivity index (χ0v) is 20.0. The zero-order chi connectivity index (χ0) is 25.7. The molecule has 0 aliphatic heterocycles. The summed E-state index contributed by atoms with van der Waals surface area (Å²) in [5.41, 5.74) is 1.16. The fraction of sp³-hybridized carbons (Fsp3) is 0.379. The van der Waals surface area contributed by atoms with E-state index in [2.05, 4.69) is 11.7 Å². The van der Waals surface area contributed by atoms with E-state index >= 15 is 8.78 Å². The Morgan fingerprint density at radius 2 is 1.58 bits per heavy atom. The maximum absolute atomic E-state index is 15.1. The van der Waals surface area contributed by atoms with Gasteiger partial charge in [0.2, 0.25) is 0 Å². The minimum atomic E-state index is -3.63. The molecule has 1 saturated carbocycles. The highest BCUT2D eigenvalue weighted by Crippen LogP contribution is 2.40. The van der Waals surface area contributed by atoms with Gasteiger partial charge in [-0.15, -0.1) is 0 Å². The topological polar surface area (TPSA) is 18.5 Å². The third-order valence-corrected chi connectivity index (χ3v) is 6.85. The highest BCUT2D eigenvalue weighted by atomic mass is 19.3. The predicted molar refractivity (Wildman–Crippen MR) is 129 cm³/mol. The number of hydrogen-bond donors (Lipinski definition) is 0. The summed E-state index contributed by atoms with van der Waals surface area (Å²) in [6.45, 7) is -0.979. The lowest BCUT2D eigenvalue weighted by Crippen LogP contribution is -2.22. The third kappa shape index (κ3) is 6.18. The Kier molecular flexibility index (Phi) is 8.17. The first kappa shape index (κ1) is 26.0.